The predicted molar refractivity (Wildman–Crippen MR) is 101 cm³/mol. The molecule has 0 bridgehead atoms. The average Bonchev–Trinajstić information content (AvgIpc) is 2.64. The maximum Gasteiger partial charge on any atom is 0.257 e. The molecule has 0 fully saturated rings. The number of hydrogen-bond donors (Lipinski definition) is 2. The number of carbonyl (C=O) groups excluding carboxylic acids is 1. The molecule has 0 aliphatic heterocycles. The van der Waals surface area contributed by atoms with E-state index in [1.54, 1.807) is 4.90 Å². The molecule has 0 saturated carbocycles. The van der Waals surface area contributed by atoms with Gasteiger partial charge in [0.2, 0.25) is 0 Å². The van der Waals surface area contributed by atoms with Crippen molar-refractivity contribution in [3.8, 4) is 0 Å². The summed E-state index contributed by atoms with van der Waals surface area (Å²) in [4.78, 5) is 14.6. The Morgan fingerprint density at radius 3 is 2.25 bits per heavy atom. The van der Waals surface area contributed by atoms with E-state index in [0.29, 0.717) is 13.1 Å². The number of nitrogens with zero attached hydrogens (tertiary/aromatic N) is 1. The van der Waals surface area contributed by atoms with Gasteiger partial charge in [0.05, 0.1) is 5.25 Å². The van der Waals surface area contributed by atoms with Gasteiger partial charge in [-0.1, -0.05) is 48.5 Å². The Morgan fingerprint density at radius 1 is 1.12 bits per heavy atom. The van der Waals surface area contributed by atoms with Crippen LogP contribution in [0.1, 0.15) is 10.8 Å². The van der Waals surface area contributed by atoms with Crippen LogP contribution in [0.4, 0.5) is 5.69 Å². The van der Waals surface area contributed by atoms with Crippen molar-refractivity contribution in [1.29, 1.82) is 0 Å². The van der Waals surface area contributed by atoms with Crippen molar-refractivity contribution < 1.29 is 9.90 Å². The first-order valence-electron chi connectivity index (χ1n) is 7.96. The molecule has 2 rings (SSSR count). The van der Waals surface area contributed by atoms with Crippen molar-refractivity contribution in [3.63, 3.8) is 0 Å². The number of rotatable bonds is 8. The van der Waals surface area contributed by atoms with E-state index >= 15 is 0 Å². The molecule has 2 atom stereocenters. The van der Waals surface area contributed by atoms with E-state index < -0.39 is 6.10 Å². The Bertz CT molecular complexity index is 622. The molecule has 128 valence electrons. The molecule has 2 N–H and O–H groups in total. The van der Waals surface area contributed by atoms with Crippen LogP contribution in [0.3, 0.4) is 0 Å². The lowest BCUT2D eigenvalue weighted by Crippen LogP contribution is -2.44. The Balaban J connectivity index is 2.24. The molecule has 0 radical (unpaired) electrons. The number of benzene rings is 2. The highest BCUT2D eigenvalue weighted by Crippen LogP contribution is 2.31. The number of hydrogen-bond acceptors (Lipinski definition) is 4. The predicted octanol–water partition coefficient (Wildman–Crippen LogP) is 2.70. The van der Waals surface area contributed by atoms with Crippen molar-refractivity contribution in [3.05, 3.63) is 66.2 Å². The van der Waals surface area contributed by atoms with Gasteiger partial charge < -0.3 is 15.3 Å². The highest BCUT2D eigenvalue weighted by molar-refractivity contribution is 7.98. The first kappa shape index (κ1) is 18.5. The molecular formula is C19H24N2O2S. The van der Waals surface area contributed by atoms with Crippen LogP contribution >= 0.6 is 11.8 Å². The number of para-hydroxylation sites is 1. The van der Waals surface area contributed by atoms with E-state index in [-0.39, 0.29) is 11.2 Å². The summed E-state index contributed by atoms with van der Waals surface area (Å²) >= 11 is 1.48. The maximum absolute atomic E-state index is 13.0. The molecule has 0 heterocycles. The highest BCUT2D eigenvalue weighted by Gasteiger charge is 2.31. The molecule has 0 aliphatic rings. The minimum Gasteiger partial charge on any atom is -0.382 e. The molecule has 5 heteroatoms. The first-order chi connectivity index (χ1) is 11.7. The molecule has 0 aromatic heterocycles. The zero-order valence-electron chi connectivity index (χ0n) is 14.1. The fourth-order valence-electron chi connectivity index (χ4n) is 2.58. The largest absolute Gasteiger partial charge is 0.382 e. The lowest BCUT2D eigenvalue weighted by atomic mass is 10.1. The van der Waals surface area contributed by atoms with Crippen LogP contribution in [0, 0.1) is 0 Å². The normalized spacial score (nSPS) is 13.3. The summed E-state index contributed by atoms with van der Waals surface area (Å²) in [6, 6.07) is 19.1. The van der Waals surface area contributed by atoms with E-state index in [1.807, 2.05) is 74.0 Å². The molecule has 24 heavy (non-hydrogen) atoms. The van der Waals surface area contributed by atoms with Gasteiger partial charge in [0, 0.05) is 18.8 Å². The Morgan fingerprint density at radius 2 is 1.71 bits per heavy atom. The maximum atomic E-state index is 13.0. The van der Waals surface area contributed by atoms with Crippen LogP contribution in [-0.4, -0.2) is 43.5 Å². The number of nitrogens with one attached hydrogen (secondary N) is 1. The topological polar surface area (TPSA) is 52.6 Å². The number of thioether (sulfide) groups is 1. The summed E-state index contributed by atoms with van der Waals surface area (Å²) in [7, 11) is 1.85. The van der Waals surface area contributed by atoms with Crippen LogP contribution in [0.25, 0.3) is 0 Å². The Hall–Kier alpha value is -1.82. The van der Waals surface area contributed by atoms with Crippen molar-refractivity contribution >= 4 is 23.4 Å². The molecule has 2 aromatic carbocycles. The summed E-state index contributed by atoms with van der Waals surface area (Å²) in [5, 5.41) is 13.5. The van der Waals surface area contributed by atoms with Gasteiger partial charge in [-0.25, -0.2) is 0 Å². The number of likely N-dealkylation sites (N-methyl/N-ethyl adjacent to an activating group) is 1. The van der Waals surface area contributed by atoms with E-state index in [1.165, 1.54) is 11.8 Å². The second-order valence-electron chi connectivity index (χ2n) is 5.44. The van der Waals surface area contributed by atoms with Crippen LogP contribution in [0.5, 0.6) is 0 Å². The van der Waals surface area contributed by atoms with Gasteiger partial charge in [-0.2, -0.15) is 11.8 Å². The van der Waals surface area contributed by atoms with Crippen LogP contribution in [0.15, 0.2) is 60.7 Å². The molecule has 2 aromatic rings. The van der Waals surface area contributed by atoms with Gasteiger partial charge in [-0.05, 0) is 31.0 Å². The monoisotopic (exact) mass is 344 g/mol. The average molecular weight is 344 g/mol. The zero-order valence-corrected chi connectivity index (χ0v) is 14.9. The summed E-state index contributed by atoms with van der Waals surface area (Å²) < 4.78 is 0. The van der Waals surface area contributed by atoms with Crippen molar-refractivity contribution in [2.45, 2.75) is 11.4 Å². The molecule has 0 saturated heterocycles. The van der Waals surface area contributed by atoms with E-state index in [4.69, 9.17) is 0 Å². The molecule has 4 nitrogen and oxygen atoms in total. The van der Waals surface area contributed by atoms with Crippen molar-refractivity contribution in [2.75, 3.05) is 31.3 Å². The van der Waals surface area contributed by atoms with Crippen LogP contribution in [0.2, 0.25) is 0 Å². The Kier molecular flexibility index (Phi) is 7.31. The van der Waals surface area contributed by atoms with Gasteiger partial charge in [-0.3, -0.25) is 4.79 Å². The van der Waals surface area contributed by atoms with E-state index in [0.717, 1.165) is 11.3 Å². The molecule has 1 amide bonds. The zero-order chi connectivity index (χ0) is 17.4. The minimum atomic E-state index is -1.10. The second-order valence-corrected chi connectivity index (χ2v) is 6.42. The SMILES string of the molecule is CNCCN(C(=O)C(O)C(SC)c1ccccc1)c1ccccc1. The fourth-order valence-corrected chi connectivity index (χ4v) is 3.38. The number of aliphatic hydroxyl groups excluding tert-OH is 1. The van der Waals surface area contributed by atoms with Crippen molar-refractivity contribution in [1.82, 2.24) is 5.32 Å². The first-order valence-corrected chi connectivity index (χ1v) is 9.24. The van der Waals surface area contributed by atoms with Crippen LogP contribution < -0.4 is 10.2 Å². The van der Waals surface area contributed by atoms with Gasteiger partial charge in [0.1, 0.15) is 6.10 Å². The highest BCUT2D eigenvalue weighted by atomic mass is 32.2. The minimum absolute atomic E-state index is 0.278. The standard InChI is InChI=1S/C19H24N2O2S/c1-20-13-14-21(16-11-7-4-8-12-16)19(23)17(22)18(24-2)15-9-5-3-6-10-15/h3-12,17-18,20,22H,13-14H2,1-2H3. The molecule has 2 unspecified atom stereocenters. The molecular weight excluding hydrogens is 320 g/mol. The van der Waals surface area contributed by atoms with Crippen LogP contribution in [-0.2, 0) is 4.79 Å². The van der Waals surface area contributed by atoms with E-state index in [9.17, 15) is 9.90 Å². The third-order valence-corrected chi connectivity index (χ3v) is 4.88. The lowest BCUT2D eigenvalue weighted by Gasteiger charge is -2.28. The summed E-state index contributed by atoms with van der Waals surface area (Å²) in [6.07, 6.45) is 0.814. The summed E-state index contributed by atoms with van der Waals surface area (Å²) in [6.45, 7) is 1.16. The summed E-state index contributed by atoms with van der Waals surface area (Å²) in [5.41, 5.74) is 1.75. The summed E-state index contributed by atoms with van der Waals surface area (Å²) in [5.74, 6) is -0.278. The third-order valence-electron chi connectivity index (χ3n) is 3.84. The third kappa shape index (κ3) is 4.60. The molecule has 0 aliphatic carbocycles. The number of carbonyl (C=O) groups is 1. The lowest BCUT2D eigenvalue weighted by molar-refractivity contribution is -0.126. The second kappa shape index (κ2) is 9.47. The fraction of sp³-hybridized carbons (Fsp3) is 0.316. The molecule has 0 spiro atoms. The van der Waals surface area contributed by atoms with E-state index in [2.05, 4.69) is 5.32 Å². The van der Waals surface area contributed by atoms with Gasteiger partial charge in [0.25, 0.3) is 5.91 Å². The Labute approximate surface area is 147 Å². The van der Waals surface area contributed by atoms with Gasteiger partial charge in [-0.15, -0.1) is 0 Å². The van der Waals surface area contributed by atoms with Crippen molar-refractivity contribution in [2.24, 2.45) is 0 Å². The number of amides is 1. The van der Waals surface area contributed by atoms with Gasteiger partial charge in [0.15, 0.2) is 0 Å². The quantitative estimate of drug-likeness (QED) is 0.773. The smallest absolute Gasteiger partial charge is 0.257 e. The number of anilines is 1. The number of aliphatic hydroxyl groups is 1. The van der Waals surface area contributed by atoms with Gasteiger partial charge >= 0.3 is 0 Å².